The van der Waals surface area contributed by atoms with E-state index in [2.05, 4.69) is 30.9 Å². The standard InChI is InChI=1S/C18H18N6O3/c1-2-26-18-23-16(19-10-13-4-3-7-27-13)22-17(24-18)20-12-6-5-11-8-15(25)21-14(11)9-12/h3-7,9H,2,8,10H2,1H3,(H,21,25)(H2,19,20,22,23,24). The summed E-state index contributed by atoms with van der Waals surface area (Å²) in [6, 6.07) is 9.51. The minimum absolute atomic E-state index is 0.00893. The number of nitrogens with zero attached hydrogens (tertiary/aromatic N) is 3. The number of hydrogen-bond acceptors (Lipinski definition) is 8. The predicted octanol–water partition coefficient (Wildman–Crippen LogP) is 2.71. The maximum absolute atomic E-state index is 11.5. The number of hydrogen-bond donors (Lipinski definition) is 3. The maximum atomic E-state index is 11.5. The van der Waals surface area contributed by atoms with E-state index in [1.54, 1.807) is 6.26 Å². The summed E-state index contributed by atoms with van der Waals surface area (Å²) in [5.74, 6) is 1.45. The van der Waals surface area contributed by atoms with E-state index in [1.165, 1.54) is 0 Å². The SMILES string of the molecule is CCOc1nc(NCc2ccco2)nc(Nc2ccc3c(c2)NC(=O)C3)n1. The van der Waals surface area contributed by atoms with E-state index >= 15 is 0 Å². The number of amides is 1. The fraction of sp³-hybridized carbons (Fsp3) is 0.222. The molecular weight excluding hydrogens is 348 g/mol. The quantitative estimate of drug-likeness (QED) is 0.585. The third-order valence-electron chi connectivity index (χ3n) is 3.88. The minimum atomic E-state index is -0.00893. The van der Waals surface area contributed by atoms with Crippen molar-refractivity contribution in [2.24, 2.45) is 0 Å². The fourth-order valence-corrected chi connectivity index (χ4v) is 2.69. The number of benzene rings is 1. The van der Waals surface area contributed by atoms with Crippen LogP contribution < -0.4 is 20.7 Å². The van der Waals surface area contributed by atoms with Gasteiger partial charge in [0.05, 0.1) is 25.8 Å². The van der Waals surface area contributed by atoms with Crippen LogP contribution in [0.2, 0.25) is 0 Å². The maximum Gasteiger partial charge on any atom is 0.323 e. The molecule has 0 spiro atoms. The first-order chi connectivity index (χ1) is 13.2. The summed E-state index contributed by atoms with van der Waals surface area (Å²) < 4.78 is 10.7. The van der Waals surface area contributed by atoms with Crippen LogP contribution in [0.15, 0.2) is 41.0 Å². The van der Waals surface area contributed by atoms with Gasteiger partial charge in [-0.15, -0.1) is 0 Å². The Balaban J connectivity index is 1.54. The monoisotopic (exact) mass is 366 g/mol. The second-order valence-electron chi connectivity index (χ2n) is 5.85. The molecule has 1 amide bonds. The Morgan fingerprint density at radius 2 is 2.11 bits per heavy atom. The Morgan fingerprint density at radius 3 is 2.93 bits per heavy atom. The van der Waals surface area contributed by atoms with E-state index in [4.69, 9.17) is 9.15 Å². The summed E-state index contributed by atoms with van der Waals surface area (Å²) in [5.41, 5.74) is 2.51. The molecule has 0 radical (unpaired) electrons. The molecule has 2 aromatic heterocycles. The summed E-state index contributed by atoms with van der Waals surface area (Å²) in [6.45, 7) is 2.73. The molecule has 4 rings (SSSR count). The molecule has 27 heavy (non-hydrogen) atoms. The lowest BCUT2D eigenvalue weighted by atomic mass is 10.1. The highest BCUT2D eigenvalue weighted by molar-refractivity contribution is 5.99. The van der Waals surface area contributed by atoms with Crippen molar-refractivity contribution < 1.29 is 13.9 Å². The molecule has 0 saturated carbocycles. The number of carbonyl (C=O) groups is 1. The van der Waals surface area contributed by atoms with Gasteiger partial charge in [-0.1, -0.05) is 6.07 Å². The predicted molar refractivity (Wildman–Crippen MR) is 99.1 cm³/mol. The molecule has 3 aromatic rings. The van der Waals surface area contributed by atoms with Crippen molar-refractivity contribution in [1.29, 1.82) is 0 Å². The highest BCUT2D eigenvalue weighted by atomic mass is 16.5. The third kappa shape index (κ3) is 3.97. The van der Waals surface area contributed by atoms with Crippen molar-refractivity contribution in [3.05, 3.63) is 47.9 Å². The number of rotatable bonds is 7. The van der Waals surface area contributed by atoms with Crippen LogP contribution in [0.3, 0.4) is 0 Å². The number of aromatic nitrogens is 3. The van der Waals surface area contributed by atoms with Crippen molar-refractivity contribution in [3.8, 4) is 6.01 Å². The number of fused-ring (bicyclic) bond motifs is 1. The van der Waals surface area contributed by atoms with Crippen LogP contribution in [0.25, 0.3) is 0 Å². The zero-order valence-electron chi connectivity index (χ0n) is 14.7. The van der Waals surface area contributed by atoms with Crippen LogP contribution in [-0.2, 0) is 17.8 Å². The van der Waals surface area contributed by atoms with Gasteiger partial charge in [0.2, 0.25) is 17.8 Å². The van der Waals surface area contributed by atoms with Crippen LogP contribution in [0.5, 0.6) is 6.01 Å². The Morgan fingerprint density at radius 1 is 1.22 bits per heavy atom. The van der Waals surface area contributed by atoms with Gasteiger partial charge in [0.1, 0.15) is 5.76 Å². The largest absolute Gasteiger partial charge is 0.467 e. The lowest BCUT2D eigenvalue weighted by Gasteiger charge is -2.10. The first kappa shape index (κ1) is 16.8. The average molecular weight is 366 g/mol. The number of nitrogens with one attached hydrogen (secondary N) is 3. The molecular formula is C18H18N6O3. The number of furan rings is 1. The normalized spacial score (nSPS) is 12.4. The van der Waals surface area contributed by atoms with E-state index in [1.807, 2.05) is 37.3 Å². The van der Waals surface area contributed by atoms with Gasteiger partial charge in [0, 0.05) is 11.4 Å². The van der Waals surface area contributed by atoms with E-state index in [-0.39, 0.29) is 11.9 Å². The molecule has 0 aliphatic carbocycles. The van der Waals surface area contributed by atoms with Crippen molar-refractivity contribution in [1.82, 2.24) is 15.0 Å². The van der Waals surface area contributed by atoms with Crippen LogP contribution in [-0.4, -0.2) is 27.5 Å². The van der Waals surface area contributed by atoms with Crippen LogP contribution in [0, 0.1) is 0 Å². The Kier molecular flexibility index (Phi) is 4.56. The van der Waals surface area contributed by atoms with Gasteiger partial charge in [-0.25, -0.2) is 0 Å². The molecule has 0 bridgehead atoms. The van der Waals surface area contributed by atoms with Gasteiger partial charge in [-0.05, 0) is 36.8 Å². The number of anilines is 4. The second-order valence-corrected chi connectivity index (χ2v) is 5.85. The first-order valence-corrected chi connectivity index (χ1v) is 8.54. The van der Waals surface area contributed by atoms with Crippen molar-refractivity contribution in [2.75, 3.05) is 22.6 Å². The van der Waals surface area contributed by atoms with Crippen molar-refractivity contribution in [3.63, 3.8) is 0 Å². The van der Waals surface area contributed by atoms with Gasteiger partial charge >= 0.3 is 6.01 Å². The van der Waals surface area contributed by atoms with E-state index < -0.39 is 0 Å². The molecule has 1 aliphatic heterocycles. The summed E-state index contributed by atoms with van der Waals surface area (Å²) in [6.07, 6.45) is 2.01. The smallest absolute Gasteiger partial charge is 0.323 e. The van der Waals surface area contributed by atoms with Gasteiger partial charge < -0.3 is 25.1 Å². The summed E-state index contributed by atoms with van der Waals surface area (Å²) in [5, 5.41) is 9.03. The van der Waals surface area contributed by atoms with Crippen LogP contribution in [0.1, 0.15) is 18.2 Å². The molecule has 0 saturated heterocycles. The molecule has 0 unspecified atom stereocenters. The molecule has 3 N–H and O–H groups in total. The molecule has 0 fully saturated rings. The molecule has 0 atom stereocenters. The van der Waals surface area contributed by atoms with E-state index in [0.717, 1.165) is 22.7 Å². The van der Waals surface area contributed by atoms with E-state index in [0.29, 0.717) is 31.5 Å². The van der Waals surface area contributed by atoms with E-state index in [9.17, 15) is 4.79 Å². The Bertz CT molecular complexity index is 958. The number of carbonyl (C=O) groups excluding carboxylic acids is 1. The molecule has 1 aromatic carbocycles. The highest BCUT2D eigenvalue weighted by Gasteiger charge is 2.18. The van der Waals surface area contributed by atoms with Crippen LogP contribution >= 0.6 is 0 Å². The first-order valence-electron chi connectivity index (χ1n) is 8.54. The number of ether oxygens (including phenoxy) is 1. The summed E-state index contributed by atoms with van der Waals surface area (Å²) in [4.78, 5) is 24.4. The Labute approximate surface area is 155 Å². The van der Waals surface area contributed by atoms with Gasteiger partial charge in [-0.3, -0.25) is 4.79 Å². The average Bonchev–Trinajstić information content (AvgIpc) is 3.28. The molecule has 9 nitrogen and oxygen atoms in total. The third-order valence-corrected chi connectivity index (χ3v) is 3.88. The summed E-state index contributed by atoms with van der Waals surface area (Å²) in [7, 11) is 0. The minimum Gasteiger partial charge on any atom is -0.467 e. The lowest BCUT2D eigenvalue weighted by Crippen LogP contribution is -2.09. The van der Waals surface area contributed by atoms with Crippen LogP contribution in [0.4, 0.5) is 23.3 Å². The molecule has 3 heterocycles. The van der Waals surface area contributed by atoms with Gasteiger partial charge in [0.15, 0.2) is 0 Å². The summed E-state index contributed by atoms with van der Waals surface area (Å²) >= 11 is 0. The fourth-order valence-electron chi connectivity index (χ4n) is 2.69. The molecule has 1 aliphatic rings. The zero-order valence-corrected chi connectivity index (χ0v) is 14.7. The van der Waals surface area contributed by atoms with Crippen molar-refractivity contribution >= 4 is 29.2 Å². The highest BCUT2D eigenvalue weighted by Crippen LogP contribution is 2.27. The topological polar surface area (TPSA) is 114 Å². The Hall–Kier alpha value is -3.62. The molecule has 138 valence electrons. The zero-order chi connectivity index (χ0) is 18.6. The second kappa shape index (κ2) is 7.32. The molecule has 9 heteroatoms. The van der Waals surface area contributed by atoms with Gasteiger partial charge in [-0.2, -0.15) is 15.0 Å². The van der Waals surface area contributed by atoms with Crippen molar-refractivity contribution in [2.45, 2.75) is 19.9 Å². The lowest BCUT2D eigenvalue weighted by molar-refractivity contribution is -0.115. The van der Waals surface area contributed by atoms with Gasteiger partial charge in [0.25, 0.3) is 0 Å².